The zero-order chi connectivity index (χ0) is 37.5. The molecule has 1 saturated heterocycles. The van der Waals surface area contributed by atoms with E-state index in [2.05, 4.69) is 26.6 Å². The minimum absolute atomic E-state index is 0.0240. The molecule has 0 saturated carbocycles. The van der Waals surface area contributed by atoms with Gasteiger partial charge in [-0.05, 0) is 30.0 Å². The average molecular weight is 741 g/mol. The number of phenols is 1. The van der Waals surface area contributed by atoms with Crippen LogP contribution in [0.3, 0.4) is 0 Å². The monoisotopic (exact) mass is 740 g/mol. The van der Waals surface area contributed by atoms with Gasteiger partial charge >= 0.3 is 5.97 Å². The third kappa shape index (κ3) is 13.7. The Balaban J connectivity index is 2.55. The van der Waals surface area contributed by atoms with E-state index in [4.69, 9.17) is 17.2 Å². The molecule has 13 N–H and O–H groups in total. The molecule has 1 aromatic rings. The molecule has 1 aliphatic rings. The maximum absolute atomic E-state index is 13.7. The summed E-state index contributed by atoms with van der Waals surface area (Å²) in [5.41, 5.74) is 17.2. The quantitative estimate of drug-likeness (QED) is 0.110. The maximum Gasteiger partial charge on any atom is 0.327 e. The number of carbonyl (C=O) groups excluding carboxylic acids is 7. The van der Waals surface area contributed by atoms with Gasteiger partial charge in [0.15, 0.2) is 0 Å². The summed E-state index contributed by atoms with van der Waals surface area (Å²) in [4.78, 5) is 103. The Kier molecular flexibility index (Phi) is 16.8. The molecule has 1 aromatic carbocycles. The van der Waals surface area contributed by atoms with Crippen LogP contribution in [0.2, 0.25) is 0 Å². The van der Waals surface area contributed by atoms with Gasteiger partial charge in [0.05, 0.1) is 12.5 Å². The number of hydrogen-bond acceptors (Lipinski definition) is 12. The number of benzene rings is 1. The van der Waals surface area contributed by atoms with E-state index in [1.807, 2.05) is 0 Å². The summed E-state index contributed by atoms with van der Waals surface area (Å²) in [7, 11) is 2.00. The predicted molar refractivity (Wildman–Crippen MR) is 184 cm³/mol. The van der Waals surface area contributed by atoms with Crippen molar-refractivity contribution in [2.24, 2.45) is 23.1 Å². The van der Waals surface area contributed by atoms with Crippen LogP contribution >= 0.6 is 21.6 Å². The molecular formula is C30H44N8O10S2. The van der Waals surface area contributed by atoms with Crippen LogP contribution in [0.1, 0.15) is 45.1 Å². The summed E-state index contributed by atoms with van der Waals surface area (Å²) in [5.74, 6) is -8.51. The van der Waals surface area contributed by atoms with Crippen LogP contribution in [0.5, 0.6) is 5.75 Å². The molecule has 50 heavy (non-hydrogen) atoms. The van der Waals surface area contributed by atoms with Crippen molar-refractivity contribution in [2.75, 3.05) is 11.5 Å². The second kappa shape index (κ2) is 20.2. The minimum Gasteiger partial charge on any atom is -0.508 e. The first-order chi connectivity index (χ1) is 23.5. The zero-order valence-corrected chi connectivity index (χ0v) is 29.1. The molecule has 0 bridgehead atoms. The van der Waals surface area contributed by atoms with Crippen LogP contribution in [-0.2, 0) is 44.8 Å². The molecule has 0 radical (unpaired) electrons. The first kappa shape index (κ1) is 41.6. The number of carbonyl (C=O) groups is 8. The summed E-state index contributed by atoms with van der Waals surface area (Å²) in [6.07, 6.45) is -1.16. The number of nitrogens with two attached hydrogens (primary N) is 3. The minimum atomic E-state index is -1.67. The first-order valence-corrected chi connectivity index (χ1v) is 18.1. The molecule has 1 heterocycles. The largest absolute Gasteiger partial charge is 0.508 e. The van der Waals surface area contributed by atoms with E-state index in [1.54, 1.807) is 26.0 Å². The number of carboxylic acids is 1. The highest BCUT2D eigenvalue weighted by molar-refractivity contribution is 8.76. The van der Waals surface area contributed by atoms with Crippen LogP contribution in [0.15, 0.2) is 24.3 Å². The fraction of sp³-hybridized carbons (Fsp3) is 0.533. The first-order valence-electron chi connectivity index (χ1n) is 15.6. The lowest BCUT2D eigenvalue weighted by Crippen LogP contribution is -2.61. The molecule has 1 fully saturated rings. The van der Waals surface area contributed by atoms with Gasteiger partial charge in [0.1, 0.15) is 36.0 Å². The number of rotatable bonds is 10. The van der Waals surface area contributed by atoms with Crippen LogP contribution in [-0.4, -0.2) is 105 Å². The number of aliphatic carboxylic acids is 1. The molecule has 0 spiro atoms. The molecule has 0 aliphatic carbocycles. The lowest BCUT2D eigenvalue weighted by Gasteiger charge is -2.29. The van der Waals surface area contributed by atoms with Gasteiger partial charge < -0.3 is 54.0 Å². The number of amides is 7. The molecule has 1 aliphatic heterocycles. The number of primary amides is 2. The summed E-state index contributed by atoms with van der Waals surface area (Å²) >= 11 is 0. The van der Waals surface area contributed by atoms with Crippen LogP contribution in [0, 0.1) is 5.92 Å². The number of nitrogens with one attached hydrogen (secondary N) is 5. The smallest absolute Gasteiger partial charge is 0.327 e. The number of carboxylic acid groups (broad SMARTS) is 1. The van der Waals surface area contributed by atoms with E-state index in [-0.39, 0.29) is 36.5 Å². The molecule has 20 heteroatoms. The zero-order valence-electron chi connectivity index (χ0n) is 27.5. The van der Waals surface area contributed by atoms with Gasteiger partial charge in [-0.15, -0.1) is 0 Å². The van der Waals surface area contributed by atoms with E-state index in [9.17, 15) is 48.6 Å². The number of hydrogen-bond donors (Lipinski definition) is 10. The van der Waals surface area contributed by atoms with Gasteiger partial charge in [0.2, 0.25) is 41.4 Å². The van der Waals surface area contributed by atoms with Gasteiger partial charge in [-0.3, -0.25) is 33.6 Å². The molecule has 0 unspecified atom stereocenters. The van der Waals surface area contributed by atoms with E-state index in [0.29, 0.717) is 12.0 Å². The van der Waals surface area contributed by atoms with Gasteiger partial charge in [-0.1, -0.05) is 54.0 Å². The molecule has 7 atom stereocenters. The lowest BCUT2D eigenvalue weighted by molar-refractivity contribution is -0.141. The Morgan fingerprint density at radius 1 is 0.800 bits per heavy atom. The van der Waals surface area contributed by atoms with Crippen LogP contribution in [0.4, 0.5) is 0 Å². The number of aromatic hydroxyl groups is 1. The van der Waals surface area contributed by atoms with E-state index in [1.165, 1.54) is 12.1 Å². The van der Waals surface area contributed by atoms with Crippen molar-refractivity contribution >= 4 is 68.9 Å². The molecule has 18 nitrogen and oxygen atoms in total. The fourth-order valence-electron chi connectivity index (χ4n) is 4.57. The van der Waals surface area contributed by atoms with Crippen LogP contribution in [0.25, 0.3) is 0 Å². The van der Waals surface area contributed by atoms with Crippen molar-refractivity contribution in [1.29, 1.82) is 0 Å². The van der Waals surface area contributed by atoms with E-state index >= 15 is 0 Å². The van der Waals surface area contributed by atoms with Crippen molar-refractivity contribution in [1.82, 2.24) is 26.6 Å². The summed E-state index contributed by atoms with van der Waals surface area (Å²) < 4.78 is 0. The maximum atomic E-state index is 13.7. The molecule has 0 aromatic heterocycles. The Labute approximate surface area is 295 Å². The fourth-order valence-corrected chi connectivity index (χ4v) is 6.85. The Bertz CT molecular complexity index is 1420. The van der Waals surface area contributed by atoms with E-state index < -0.39 is 95.9 Å². The summed E-state index contributed by atoms with van der Waals surface area (Å²) in [5, 5.41) is 31.7. The van der Waals surface area contributed by atoms with Gasteiger partial charge in [-0.2, -0.15) is 0 Å². The Morgan fingerprint density at radius 3 is 1.94 bits per heavy atom. The van der Waals surface area contributed by atoms with Gasteiger partial charge in [-0.25, -0.2) is 4.79 Å². The Morgan fingerprint density at radius 2 is 1.36 bits per heavy atom. The highest BCUT2D eigenvalue weighted by atomic mass is 33.1. The third-order valence-corrected chi connectivity index (χ3v) is 10.1. The van der Waals surface area contributed by atoms with Gasteiger partial charge in [0.25, 0.3) is 0 Å². The SMILES string of the molecule is CC[C@H](C)[C@@H]1NC(=O)[C@H](Cc2ccc(O)cc2)NC(=O)[C@H](N)CSSC[C@H](C(=O)O)NC(=O)[C@@H](CC(N)=O)NC(=O)[C@H](CCC(N)=O)NC1=O. The second-order valence-electron chi connectivity index (χ2n) is 11.7. The van der Waals surface area contributed by atoms with Gasteiger partial charge in [0, 0.05) is 24.3 Å². The average Bonchev–Trinajstić information content (AvgIpc) is 3.05. The third-order valence-electron chi connectivity index (χ3n) is 7.67. The molecule has 7 amide bonds. The van der Waals surface area contributed by atoms with Crippen LogP contribution < -0.4 is 43.8 Å². The summed E-state index contributed by atoms with van der Waals surface area (Å²) in [6.45, 7) is 3.41. The van der Waals surface area contributed by atoms with Crippen molar-refractivity contribution < 1.29 is 48.6 Å². The Hall–Kier alpha value is -4.56. The topological polar surface area (TPSA) is 315 Å². The molecule has 276 valence electrons. The normalized spacial score (nSPS) is 25.5. The van der Waals surface area contributed by atoms with Crippen molar-refractivity contribution in [3.63, 3.8) is 0 Å². The standard InChI is InChI=1S/C30H44N8O10S2/c1-3-14(2)24-29(46)34-18(8-9-22(32)40)26(43)36-20(11-23(33)41)27(44)37-21(30(47)48)13-50-49-12-17(31)25(42)35-19(28(45)38-24)10-15-4-6-16(39)7-5-15/h4-7,14,17-21,24,39H,3,8-13,31H2,1-2H3,(H2,32,40)(H2,33,41)(H,34,46)(H,35,42)(H,36,43)(H,37,44)(H,38,45)(H,47,48)/t14-,17+,18-,19-,20+,21+,24-/m0/s1. The predicted octanol–water partition coefficient (Wildman–Crippen LogP) is -2.65. The molecular weight excluding hydrogens is 697 g/mol. The highest BCUT2D eigenvalue weighted by Gasteiger charge is 2.35. The number of phenolic OH excluding ortho intramolecular Hbond substituents is 1. The second-order valence-corrected chi connectivity index (χ2v) is 14.2. The highest BCUT2D eigenvalue weighted by Crippen LogP contribution is 2.23. The van der Waals surface area contributed by atoms with E-state index in [0.717, 1.165) is 21.6 Å². The lowest BCUT2D eigenvalue weighted by atomic mass is 9.96. The van der Waals surface area contributed by atoms with Crippen molar-refractivity contribution in [3.05, 3.63) is 29.8 Å². The molecule has 2 rings (SSSR count). The van der Waals surface area contributed by atoms with Crippen molar-refractivity contribution in [3.8, 4) is 5.75 Å². The summed E-state index contributed by atoms with van der Waals surface area (Å²) in [6, 6.07) is -2.50. The van der Waals surface area contributed by atoms with Crippen molar-refractivity contribution in [2.45, 2.75) is 82.2 Å².